The van der Waals surface area contributed by atoms with Gasteiger partial charge in [-0.1, -0.05) is 83.9 Å². The van der Waals surface area contributed by atoms with Crippen LogP contribution in [0.25, 0.3) is 11.4 Å². The molecule has 0 saturated heterocycles. The number of nitrogens with zero attached hydrogens (tertiary/aromatic N) is 2. The van der Waals surface area contributed by atoms with Crippen LogP contribution in [-0.4, -0.2) is 42.6 Å². The van der Waals surface area contributed by atoms with Crippen LogP contribution >= 0.6 is 0 Å². The molecule has 0 unspecified atom stereocenters. The second-order valence-electron chi connectivity index (χ2n) is 10.3. The molecule has 0 N–H and O–H groups in total. The summed E-state index contributed by atoms with van der Waals surface area (Å²) >= 11 is 0. The highest BCUT2D eigenvalue weighted by Crippen LogP contribution is 2.40. The van der Waals surface area contributed by atoms with Gasteiger partial charge in [0.05, 0.1) is 43.4 Å². The van der Waals surface area contributed by atoms with Crippen LogP contribution in [0.4, 0.5) is 0 Å². The molecular formula is C35H34N2O4. The minimum atomic E-state index is -0.344. The third-order valence-electron chi connectivity index (χ3n) is 7.35. The van der Waals surface area contributed by atoms with E-state index in [1.807, 2.05) is 48.5 Å². The standard InChI is InChI=1S/C35H34N2O4/c1-24-5-13-28(14-6-24)32-33(29-15-7-25(2)8-16-29)37(22-27-11-19-31(20-12-27)35(39)41-4)23-36(32)21-26-9-17-30(18-10-26)34(38)40-3/h5-20H,21-23H2,1-4H3. The monoisotopic (exact) mass is 546 g/mol. The smallest absolute Gasteiger partial charge is 0.337 e. The lowest BCUT2D eigenvalue weighted by Crippen LogP contribution is -2.27. The normalized spacial score (nSPS) is 13.0. The molecule has 1 aliphatic heterocycles. The van der Waals surface area contributed by atoms with Gasteiger partial charge in [-0.15, -0.1) is 0 Å². The predicted molar refractivity (Wildman–Crippen MR) is 161 cm³/mol. The van der Waals surface area contributed by atoms with Crippen molar-refractivity contribution in [3.63, 3.8) is 0 Å². The summed E-state index contributed by atoms with van der Waals surface area (Å²) in [6.07, 6.45) is 0. The molecule has 0 spiro atoms. The molecule has 0 atom stereocenters. The zero-order valence-electron chi connectivity index (χ0n) is 23.9. The number of hydrogen-bond acceptors (Lipinski definition) is 6. The summed E-state index contributed by atoms with van der Waals surface area (Å²) in [4.78, 5) is 28.7. The van der Waals surface area contributed by atoms with Crippen molar-refractivity contribution < 1.29 is 19.1 Å². The quantitative estimate of drug-likeness (QED) is 0.230. The molecule has 1 aliphatic rings. The Morgan fingerprint density at radius 3 is 1.22 bits per heavy atom. The number of aryl methyl sites for hydroxylation is 2. The number of carbonyl (C=O) groups excluding carboxylic acids is 2. The number of hydrogen-bond donors (Lipinski definition) is 0. The fourth-order valence-corrected chi connectivity index (χ4v) is 5.14. The number of methoxy groups -OCH3 is 2. The maximum absolute atomic E-state index is 12.0. The predicted octanol–water partition coefficient (Wildman–Crippen LogP) is 6.68. The fourth-order valence-electron chi connectivity index (χ4n) is 5.14. The molecule has 0 fully saturated rings. The van der Waals surface area contributed by atoms with Gasteiger partial charge in [-0.2, -0.15) is 0 Å². The number of esters is 2. The zero-order chi connectivity index (χ0) is 28.9. The Morgan fingerprint density at radius 1 is 0.561 bits per heavy atom. The van der Waals surface area contributed by atoms with E-state index in [0.717, 1.165) is 33.6 Å². The van der Waals surface area contributed by atoms with Crippen molar-refractivity contribution in [3.05, 3.63) is 142 Å². The summed E-state index contributed by atoms with van der Waals surface area (Å²) in [6.45, 7) is 6.19. The average molecular weight is 547 g/mol. The van der Waals surface area contributed by atoms with E-state index in [4.69, 9.17) is 9.47 Å². The summed E-state index contributed by atoms with van der Waals surface area (Å²) in [5.74, 6) is -0.687. The minimum Gasteiger partial charge on any atom is -0.465 e. The number of benzene rings is 4. The van der Waals surface area contributed by atoms with Crippen LogP contribution in [0.3, 0.4) is 0 Å². The second kappa shape index (κ2) is 12.1. The maximum atomic E-state index is 12.0. The summed E-state index contributed by atoms with van der Waals surface area (Å²) < 4.78 is 9.75. The Hall–Kier alpha value is -4.84. The summed E-state index contributed by atoms with van der Waals surface area (Å²) in [5.41, 5.74) is 10.2. The second-order valence-corrected chi connectivity index (χ2v) is 10.3. The highest BCUT2D eigenvalue weighted by atomic mass is 16.5. The lowest BCUT2D eigenvalue weighted by atomic mass is 10.0. The minimum absolute atomic E-state index is 0.344. The van der Waals surface area contributed by atoms with Crippen molar-refractivity contribution in [2.45, 2.75) is 26.9 Å². The molecular weight excluding hydrogens is 512 g/mol. The SMILES string of the molecule is COC(=O)c1ccc(CN2CN(Cc3ccc(C(=O)OC)cc3)C(c3ccc(C)cc3)=C2c2ccc(C)cc2)cc1. The van der Waals surface area contributed by atoms with Gasteiger partial charge in [-0.3, -0.25) is 0 Å². The maximum Gasteiger partial charge on any atom is 0.337 e. The van der Waals surface area contributed by atoms with Crippen molar-refractivity contribution in [3.8, 4) is 0 Å². The molecule has 5 rings (SSSR count). The van der Waals surface area contributed by atoms with E-state index >= 15 is 0 Å². The van der Waals surface area contributed by atoms with Gasteiger partial charge in [0.25, 0.3) is 0 Å². The van der Waals surface area contributed by atoms with Gasteiger partial charge < -0.3 is 19.3 Å². The summed E-state index contributed by atoms with van der Waals surface area (Å²) in [7, 11) is 2.78. The van der Waals surface area contributed by atoms with Gasteiger partial charge in [0.1, 0.15) is 0 Å². The van der Waals surface area contributed by atoms with E-state index in [1.54, 1.807) is 0 Å². The summed E-state index contributed by atoms with van der Waals surface area (Å²) in [6, 6.07) is 32.5. The van der Waals surface area contributed by atoms with E-state index in [9.17, 15) is 9.59 Å². The first-order chi connectivity index (χ1) is 19.9. The van der Waals surface area contributed by atoms with Crippen molar-refractivity contribution in [2.24, 2.45) is 0 Å². The van der Waals surface area contributed by atoms with Gasteiger partial charge in [0, 0.05) is 24.2 Å². The fraction of sp³-hybridized carbons (Fsp3) is 0.200. The highest BCUT2D eigenvalue weighted by molar-refractivity contribution is 5.92. The molecule has 0 bridgehead atoms. The van der Waals surface area contributed by atoms with Crippen molar-refractivity contribution in [1.29, 1.82) is 0 Å². The molecule has 0 saturated carbocycles. The van der Waals surface area contributed by atoms with Crippen molar-refractivity contribution >= 4 is 23.3 Å². The van der Waals surface area contributed by atoms with E-state index in [0.29, 0.717) is 30.9 Å². The number of rotatable bonds is 8. The molecule has 208 valence electrons. The first-order valence-corrected chi connectivity index (χ1v) is 13.6. The molecule has 6 heteroatoms. The molecule has 0 aromatic heterocycles. The van der Waals surface area contributed by atoms with Gasteiger partial charge >= 0.3 is 11.9 Å². The molecule has 1 heterocycles. The molecule has 0 aliphatic carbocycles. The Bertz CT molecular complexity index is 1440. The third-order valence-corrected chi connectivity index (χ3v) is 7.35. The van der Waals surface area contributed by atoms with Crippen LogP contribution < -0.4 is 0 Å². The Balaban J connectivity index is 1.57. The van der Waals surface area contributed by atoms with Crippen LogP contribution in [0.15, 0.2) is 97.1 Å². The largest absolute Gasteiger partial charge is 0.465 e. The topological polar surface area (TPSA) is 59.1 Å². The van der Waals surface area contributed by atoms with Crippen molar-refractivity contribution in [2.75, 3.05) is 20.9 Å². The Morgan fingerprint density at radius 2 is 0.902 bits per heavy atom. The van der Waals surface area contributed by atoms with E-state index in [2.05, 4.69) is 72.2 Å². The lowest BCUT2D eigenvalue weighted by Gasteiger charge is -2.25. The van der Waals surface area contributed by atoms with E-state index < -0.39 is 0 Å². The van der Waals surface area contributed by atoms with E-state index in [1.165, 1.54) is 25.3 Å². The molecule has 41 heavy (non-hydrogen) atoms. The third kappa shape index (κ3) is 6.17. The van der Waals surface area contributed by atoms with Crippen LogP contribution in [0.1, 0.15) is 54.1 Å². The first kappa shape index (κ1) is 27.7. The molecule has 4 aromatic rings. The molecule has 6 nitrogen and oxygen atoms in total. The highest BCUT2D eigenvalue weighted by Gasteiger charge is 2.31. The Kier molecular flexibility index (Phi) is 8.20. The van der Waals surface area contributed by atoms with Gasteiger partial charge in [0.2, 0.25) is 0 Å². The number of ether oxygens (including phenoxy) is 2. The number of carbonyl (C=O) groups is 2. The summed E-state index contributed by atoms with van der Waals surface area (Å²) in [5, 5.41) is 0. The van der Waals surface area contributed by atoms with Crippen LogP contribution in [-0.2, 0) is 22.6 Å². The molecule has 4 aromatic carbocycles. The lowest BCUT2D eigenvalue weighted by molar-refractivity contribution is 0.0592. The van der Waals surface area contributed by atoms with Gasteiger partial charge in [-0.05, 0) is 49.2 Å². The molecule has 0 amide bonds. The van der Waals surface area contributed by atoms with Crippen LogP contribution in [0, 0.1) is 13.8 Å². The zero-order valence-corrected chi connectivity index (χ0v) is 23.9. The van der Waals surface area contributed by atoms with Gasteiger partial charge in [-0.25, -0.2) is 9.59 Å². The van der Waals surface area contributed by atoms with E-state index in [-0.39, 0.29) is 11.9 Å². The average Bonchev–Trinajstić information content (AvgIpc) is 3.34. The first-order valence-electron chi connectivity index (χ1n) is 13.6. The van der Waals surface area contributed by atoms with Crippen LogP contribution in [0.2, 0.25) is 0 Å². The molecule has 0 radical (unpaired) electrons. The van der Waals surface area contributed by atoms with Gasteiger partial charge in [0.15, 0.2) is 0 Å². The van der Waals surface area contributed by atoms with Crippen LogP contribution in [0.5, 0.6) is 0 Å². The Labute approximate surface area is 241 Å². The van der Waals surface area contributed by atoms with Crippen molar-refractivity contribution in [1.82, 2.24) is 9.80 Å².